The Morgan fingerprint density at radius 3 is 3.00 bits per heavy atom. The van der Waals surface area contributed by atoms with Crippen molar-refractivity contribution in [2.75, 3.05) is 0 Å². The zero-order chi connectivity index (χ0) is 10.1. The average Bonchev–Trinajstić information content (AvgIpc) is 2.66. The highest BCUT2D eigenvalue weighted by Crippen LogP contribution is 2.29. The van der Waals surface area contributed by atoms with Gasteiger partial charge < -0.3 is 0 Å². The normalized spacial score (nSPS) is 10.7. The maximum Gasteiger partial charge on any atom is 0.151 e. The molecule has 0 saturated carbocycles. The molecule has 72 valence electrons. The molecule has 0 aliphatic rings. The third-order valence-electron chi connectivity index (χ3n) is 2.08. The summed E-state index contributed by atoms with van der Waals surface area (Å²) in [6.07, 6.45) is 0.732. The first-order valence-electron chi connectivity index (χ1n) is 3.97. The summed E-state index contributed by atoms with van der Waals surface area (Å²) in [5.74, 6) is -0.166. The van der Waals surface area contributed by atoms with Gasteiger partial charge in [-0.1, -0.05) is 0 Å². The second-order valence-electron chi connectivity index (χ2n) is 2.85. The molecule has 0 spiro atoms. The number of fused-ring (bicyclic) bond motifs is 1. The summed E-state index contributed by atoms with van der Waals surface area (Å²) in [6.45, 7) is 0. The number of rotatable bonds is 2. The van der Waals surface area contributed by atoms with Crippen molar-refractivity contribution in [3.05, 3.63) is 34.5 Å². The van der Waals surface area contributed by atoms with Crippen LogP contribution >= 0.6 is 22.9 Å². The van der Waals surface area contributed by atoms with Gasteiger partial charge in [0.2, 0.25) is 0 Å². The minimum absolute atomic E-state index is 0.152. The van der Waals surface area contributed by atoms with Crippen LogP contribution in [-0.4, -0.2) is 6.29 Å². The Morgan fingerprint density at radius 2 is 2.36 bits per heavy atom. The number of halogens is 2. The summed E-state index contributed by atoms with van der Waals surface area (Å²) in [6, 6.07) is 2.99. The maximum absolute atomic E-state index is 13.4. The molecule has 2 rings (SSSR count). The maximum atomic E-state index is 13.4. The molecule has 1 heterocycles. The first-order valence-corrected chi connectivity index (χ1v) is 5.39. The number of carbonyl (C=O) groups excluding carboxylic acids is 1. The summed E-state index contributed by atoms with van der Waals surface area (Å²) in [7, 11) is 0. The van der Waals surface area contributed by atoms with Gasteiger partial charge in [0.25, 0.3) is 0 Å². The summed E-state index contributed by atoms with van der Waals surface area (Å²) >= 11 is 6.98. The molecular formula is C10H6ClFOS. The topological polar surface area (TPSA) is 17.1 Å². The summed E-state index contributed by atoms with van der Waals surface area (Å²) in [5, 5.41) is 2.25. The van der Waals surface area contributed by atoms with Gasteiger partial charge in [-0.15, -0.1) is 22.9 Å². The fourth-order valence-electron chi connectivity index (χ4n) is 1.40. The highest BCUT2D eigenvalue weighted by atomic mass is 35.5. The van der Waals surface area contributed by atoms with E-state index in [1.54, 1.807) is 11.4 Å². The lowest BCUT2D eigenvalue weighted by Gasteiger charge is -2.02. The monoisotopic (exact) mass is 228 g/mol. The molecule has 0 aliphatic heterocycles. The molecule has 1 aromatic heterocycles. The molecule has 1 aromatic carbocycles. The molecule has 2 aromatic rings. The zero-order valence-electron chi connectivity index (χ0n) is 7.09. The standard InChI is InChI=1S/C10H6ClFOS/c11-4-6-3-9(12)7-1-2-14-10(7)8(6)5-13/h1-3,5H,4H2. The third-order valence-corrected chi connectivity index (χ3v) is 3.31. The van der Waals surface area contributed by atoms with Gasteiger partial charge in [-0.05, 0) is 23.1 Å². The van der Waals surface area contributed by atoms with Crippen LogP contribution in [0, 0.1) is 5.82 Å². The van der Waals surface area contributed by atoms with E-state index in [0.717, 1.165) is 6.29 Å². The van der Waals surface area contributed by atoms with Gasteiger partial charge in [-0.25, -0.2) is 4.39 Å². The van der Waals surface area contributed by atoms with Crippen LogP contribution in [0.2, 0.25) is 0 Å². The van der Waals surface area contributed by atoms with Crippen LogP contribution in [-0.2, 0) is 5.88 Å². The van der Waals surface area contributed by atoms with Crippen LogP contribution in [0.1, 0.15) is 15.9 Å². The van der Waals surface area contributed by atoms with E-state index in [-0.39, 0.29) is 11.7 Å². The van der Waals surface area contributed by atoms with Crippen LogP contribution in [0.15, 0.2) is 17.5 Å². The second kappa shape index (κ2) is 3.67. The minimum atomic E-state index is -0.317. The Balaban J connectivity index is 2.88. The molecule has 0 bridgehead atoms. The van der Waals surface area contributed by atoms with Gasteiger partial charge in [-0.2, -0.15) is 0 Å². The molecule has 0 aliphatic carbocycles. The molecule has 0 unspecified atom stereocenters. The van der Waals surface area contributed by atoms with Gasteiger partial charge in [-0.3, -0.25) is 4.79 Å². The molecule has 0 amide bonds. The number of alkyl halides is 1. The lowest BCUT2D eigenvalue weighted by molar-refractivity contribution is 0.112. The predicted molar refractivity (Wildman–Crippen MR) is 56.7 cm³/mol. The number of thiophene rings is 1. The zero-order valence-corrected chi connectivity index (χ0v) is 8.66. The van der Waals surface area contributed by atoms with Crippen molar-refractivity contribution in [2.24, 2.45) is 0 Å². The molecule has 0 atom stereocenters. The molecule has 1 nitrogen and oxygen atoms in total. The van der Waals surface area contributed by atoms with Gasteiger partial charge >= 0.3 is 0 Å². The van der Waals surface area contributed by atoms with E-state index in [2.05, 4.69) is 0 Å². The van der Waals surface area contributed by atoms with Gasteiger partial charge in [0.15, 0.2) is 6.29 Å². The van der Waals surface area contributed by atoms with Crippen LogP contribution < -0.4 is 0 Å². The average molecular weight is 229 g/mol. The Bertz CT molecular complexity index is 492. The van der Waals surface area contributed by atoms with Crippen molar-refractivity contribution in [2.45, 2.75) is 5.88 Å². The summed E-state index contributed by atoms with van der Waals surface area (Å²) < 4.78 is 14.1. The van der Waals surface area contributed by atoms with Crippen LogP contribution in [0.4, 0.5) is 4.39 Å². The van der Waals surface area contributed by atoms with Crippen LogP contribution in [0.5, 0.6) is 0 Å². The molecule has 0 saturated heterocycles. The van der Waals surface area contributed by atoms with E-state index in [4.69, 9.17) is 11.6 Å². The fourth-order valence-corrected chi connectivity index (χ4v) is 2.56. The van der Waals surface area contributed by atoms with Crippen molar-refractivity contribution < 1.29 is 9.18 Å². The molecular weight excluding hydrogens is 223 g/mol. The number of benzene rings is 1. The van der Waals surface area contributed by atoms with Crippen molar-refractivity contribution >= 4 is 39.3 Å². The molecule has 14 heavy (non-hydrogen) atoms. The van der Waals surface area contributed by atoms with Crippen molar-refractivity contribution in [1.29, 1.82) is 0 Å². The lowest BCUT2D eigenvalue weighted by Crippen LogP contribution is -1.92. The first kappa shape index (κ1) is 9.62. The van der Waals surface area contributed by atoms with Gasteiger partial charge in [0, 0.05) is 21.5 Å². The van der Waals surface area contributed by atoms with Crippen molar-refractivity contribution in [3.63, 3.8) is 0 Å². The Morgan fingerprint density at radius 1 is 1.57 bits per heavy atom. The molecule has 0 radical (unpaired) electrons. The Labute approximate surface area is 89.1 Å². The van der Waals surface area contributed by atoms with E-state index in [0.29, 0.717) is 21.2 Å². The van der Waals surface area contributed by atoms with E-state index >= 15 is 0 Å². The van der Waals surface area contributed by atoms with Gasteiger partial charge in [0.05, 0.1) is 0 Å². The van der Waals surface area contributed by atoms with E-state index in [9.17, 15) is 9.18 Å². The predicted octanol–water partition coefficient (Wildman–Crippen LogP) is 3.59. The Hall–Kier alpha value is -0.930. The molecule has 4 heteroatoms. The largest absolute Gasteiger partial charge is 0.298 e. The number of aldehydes is 1. The van der Waals surface area contributed by atoms with Crippen molar-refractivity contribution in [3.8, 4) is 0 Å². The fraction of sp³-hybridized carbons (Fsp3) is 0.100. The van der Waals surface area contributed by atoms with E-state index < -0.39 is 0 Å². The third kappa shape index (κ3) is 1.33. The molecule has 0 N–H and O–H groups in total. The SMILES string of the molecule is O=Cc1c(CCl)cc(F)c2ccsc12. The first-order chi connectivity index (χ1) is 6.77. The summed E-state index contributed by atoms with van der Waals surface area (Å²) in [5.41, 5.74) is 1.06. The quantitative estimate of drug-likeness (QED) is 0.567. The smallest absolute Gasteiger partial charge is 0.151 e. The second-order valence-corrected chi connectivity index (χ2v) is 4.03. The number of carbonyl (C=O) groups is 1. The Kier molecular flexibility index (Phi) is 2.52. The summed E-state index contributed by atoms with van der Waals surface area (Å²) in [4.78, 5) is 10.8. The van der Waals surface area contributed by atoms with E-state index in [1.807, 2.05) is 0 Å². The van der Waals surface area contributed by atoms with Crippen molar-refractivity contribution in [1.82, 2.24) is 0 Å². The van der Waals surface area contributed by atoms with Crippen LogP contribution in [0.3, 0.4) is 0 Å². The lowest BCUT2D eigenvalue weighted by atomic mass is 10.1. The number of hydrogen-bond donors (Lipinski definition) is 0. The van der Waals surface area contributed by atoms with E-state index in [1.165, 1.54) is 17.4 Å². The van der Waals surface area contributed by atoms with Crippen LogP contribution in [0.25, 0.3) is 10.1 Å². The highest BCUT2D eigenvalue weighted by Gasteiger charge is 2.11. The van der Waals surface area contributed by atoms with Gasteiger partial charge in [0.1, 0.15) is 5.82 Å². The number of hydrogen-bond acceptors (Lipinski definition) is 2. The molecule has 0 fully saturated rings. The highest BCUT2D eigenvalue weighted by molar-refractivity contribution is 7.17. The minimum Gasteiger partial charge on any atom is -0.298 e.